The molecule has 0 atom stereocenters. The fourth-order valence-corrected chi connectivity index (χ4v) is 3.72. The molecular formula is C22H18ClFN4O2S. The van der Waals surface area contributed by atoms with Crippen molar-refractivity contribution in [3.05, 3.63) is 65.1 Å². The normalized spacial score (nSPS) is 10.8. The SMILES string of the molecule is C=Nc1ccc(-c2cccc(NSc3cc(Cl)cnc3OC)c2F)cc1C=NC(C)=O. The van der Waals surface area contributed by atoms with Gasteiger partial charge in [-0.3, -0.25) is 9.79 Å². The van der Waals surface area contributed by atoms with E-state index in [1.54, 1.807) is 42.5 Å². The Labute approximate surface area is 188 Å². The van der Waals surface area contributed by atoms with Crippen LogP contribution >= 0.6 is 23.5 Å². The summed E-state index contributed by atoms with van der Waals surface area (Å²) in [5.41, 5.74) is 2.35. The minimum atomic E-state index is -0.447. The highest BCUT2D eigenvalue weighted by Crippen LogP contribution is 2.35. The van der Waals surface area contributed by atoms with Crippen molar-refractivity contribution in [2.24, 2.45) is 9.98 Å². The number of methoxy groups -OCH3 is 1. The van der Waals surface area contributed by atoms with Gasteiger partial charge in [0.15, 0.2) is 5.82 Å². The highest BCUT2D eigenvalue weighted by Gasteiger charge is 2.13. The molecule has 9 heteroatoms. The summed E-state index contributed by atoms with van der Waals surface area (Å²) in [5.74, 6) is -0.418. The van der Waals surface area contributed by atoms with E-state index in [-0.39, 0.29) is 11.6 Å². The first-order valence-corrected chi connectivity index (χ1v) is 10.2. The summed E-state index contributed by atoms with van der Waals surface area (Å²) >= 11 is 7.13. The van der Waals surface area contributed by atoms with E-state index in [1.165, 1.54) is 26.4 Å². The Morgan fingerprint density at radius 1 is 1.32 bits per heavy atom. The number of aromatic nitrogens is 1. The second-order valence-electron chi connectivity index (χ2n) is 6.24. The van der Waals surface area contributed by atoms with E-state index in [0.717, 1.165) is 11.9 Å². The average Bonchev–Trinajstić information content (AvgIpc) is 2.77. The highest BCUT2D eigenvalue weighted by atomic mass is 35.5. The Kier molecular flexibility index (Phi) is 7.38. The zero-order valence-electron chi connectivity index (χ0n) is 16.7. The van der Waals surface area contributed by atoms with Gasteiger partial charge in [0.05, 0.1) is 28.4 Å². The molecule has 158 valence electrons. The lowest BCUT2D eigenvalue weighted by atomic mass is 10.0. The van der Waals surface area contributed by atoms with E-state index in [2.05, 4.69) is 26.4 Å². The monoisotopic (exact) mass is 456 g/mol. The van der Waals surface area contributed by atoms with Gasteiger partial charge in [-0.2, -0.15) is 0 Å². The number of hydrogen-bond donors (Lipinski definition) is 1. The number of rotatable bonds is 7. The average molecular weight is 457 g/mol. The standard InChI is InChI=1S/C22H18ClFN4O2S/c1-13(29)26-11-15-9-14(7-8-18(15)25-2)17-5-4-6-19(21(17)24)28-31-20-10-16(23)12-27-22(20)30-3/h4-12,28H,2H2,1,3H3. The van der Waals surface area contributed by atoms with Crippen LogP contribution in [-0.4, -0.2) is 30.9 Å². The van der Waals surface area contributed by atoms with E-state index >= 15 is 4.39 Å². The molecule has 31 heavy (non-hydrogen) atoms. The summed E-state index contributed by atoms with van der Waals surface area (Å²) in [6.07, 6.45) is 2.87. The molecule has 0 aliphatic rings. The molecule has 0 aliphatic heterocycles. The smallest absolute Gasteiger partial charge is 0.242 e. The third-order valence-electron chi connectivity index (χ3n) is 4.14. The van der Waals surface area contributed by atoms with Crippen LogP contribution in [0.1, 0.15) is 12.5 Å². The number of halogens is 2. The maximum absolute atomic E-state index is 15.3. The topological polar surface area (TPSA) is 75.9 Å². The molecule has 0 saturated carbocycles. The van der Waals surface area contributed by atoms with E-state index < -0.39 is 5.82 Å². The molecule has 2 aromatic carbocycles. The zero-order chi connectivity index (χ0) is 22.4. The first-order valence-electron chi connectivity index (χ1n) is 8.99. The molecule has 0 bridgehead atoms. The lowest BCUT2D eigenvalue weighted by Gasteiger charge is -2.12. The van der Waals surface area contributed by atoms with Gasteiger partial charge in [-0.25, -0.2) is 14.4 Å². The second kappa shape index (κ2) is 10.2. The van der Waals surface area contributed by atoms with Gasteiger partial charge in [0.25, 0.3) is 0 Å². The van der Waals surface area contributed by atoms with Gasteiger partial charge in [0, 0.05) is 30.5 Å². The maximum Gasteiger partial charge on any atom is 0.242 e. The van der Waals surface area contributed by atoms with E-state index in [1.807, 2.05) is 0 Å². The number of nitrogens with one attached hydrogen (secondary N) is 1. The predicted octanol–water partition coefficient (Wildman–Crippen LogP) is 5.97. The zero-order valence-corrected chi connectivity index (χ0v) is 18.3. The Hall–Kier alpha value is -3.23. The first-order chi connectivity index (χ1) is 14.9. The molecule has 0 aliphatic carbocycles. The Morgan fingerprint density at radius 2 is 2.13 bits per heavy atom. The molecular weight excluding hydrogens is 439 g/mol. The number of ether oxygens (including phenoxy) is 1. The molecule has 1 aromatic heterocycles. The number of carbonyl (C=O) groups is 1. The van der Waals surface area contributed by atoms with Crippen LogP contribution in [0.4, 0.5) is 15.8 Å². The molecule has 0 spiro atoms. The minimum absolute atomic E-state index is 0.273. The van der Waals surface area contributed by atoms with Crippen LogP contribution < -0.4 is 9.46 Å². The quantitative estimate of drug-likeness (QED) is 0.350. The Balaban J connectivity index is 1.92. The van der Waals surface area contributed by atoms with Gasteiger partial charge in [-0.05, 0) is 48.5 Å². The van der Waals surface area contributed by atoms with Gasteiger partial charge >= 0.3 is 0 Å². The van der Waals surface area contributed by atoms with Gasteiger partial charge in [0.2, 0.25) is 11.8 Å². The third kappa shape index (κ3) is 5.48. The minimum Gasteiger partial charge on any atom is -0.480 e. The third-order valence-corrected chi connectivity index (χ3v) is 5.18. The van der Waals surface area contributed by atoms with Gasteiger partial charge in [-0.15, -0.1) is 0 Å². The fourth-order valence-electron chi connectivity index (χ4n) is 2.71. The van der Waals surface area contributed by atoms with Crippen LogP contribution in [0.5, 0.6) is 5.88 Å². The van der Waals surface area contributed by atoms with Crippen molar-refractivity contribution >= 4 is 53.8 Å². The predicted molar refractivity (Wildman–Crippen MR) is 125 cm³/mol. The van der Waals surface area contributed by atoms with Crippen molar-refractivity contribution in [1.82, 2.24) is 4.98 Å². The maximum atomic E-state index is 15.3. The Morgan fingerprint density at radius 3 is 2.84 bits per heavy atom. The van der Waals surface area contributed by atoms with Crippen molar-refractivity contribution < 1.29 is 13.9 Å². The highest BCUT2D eigenvalue weighted by molar-refractivity contribution is 8.00. The van der Waals surface area contributed by atoms with Crippen LogP contribution in [-0.2, 0) is 4.79 Å². The number of aliphatic imine (C=N–C) groups is 2. The first kappa shape index (κ1) is 22.5. The molecule has 0 saturated heterocycles. The molecule has 6 nitrogen and oxygen atoms in total. The molecule has 0 unspecified atom stereocenters. The van der Waals surface area contributed by atoms with Crippen molar-refractivity contribution in [2.75, 3.05) is 11.8 Å². The van der Waals surface area contributed by atoms with Crippen LogP contribution in [0.25, 0.3) is 11.1 Å². The largest absolute Gasteiger partial charge is 0.480 e. The van der Waals surface area contributed by atoms with Crippen LogP contribution in [0, 0.1) is 5.82 Å². The molecule has 0 fully saturated rings. The summed E-state index contributed by atoms with van der Waals surface area (Å²) in [5, 5.41) is 0.440. The molecule has 3 aromatic rings. The van der Waals surface area contributed by atoms with E-state index in [4.69, 9.17) is 16.3 Å². The number of amides is 1. The number of pyridine rings is 1. The molecule has 3 rings (SSSR count). The molecule has 1 amide bonds. The number of carbonyl (C=O) groups excluding carboxylic acids is 1. The number of nitrogens with zero attached hydrogens (tertiary/aromatic N) is 3. The Bertz CT molecular complexity index is 1170. The van der Waals surface area contributed by atoms with E-state index in [9.17, 15) is 4.79 Å². The molecule has 1 N–H and O–H groups in total. The second-order valence-corrected chi connectivity index (χ2v) is 7.53. The van der Waals surface area contributed by atoms with Crippen molar-refractivity contribution in [3.8, 4) is 17.0 Å². The van der Waals surface area contributed by atoms with E-state index in [0.29, 0.717) is 38.2 Å². The van der Waals surface area contributed by atoms with Crippen molar-refractivity contribution in [3.63, 3.8) is 0 Å². The molecule has 0 radical (unpaired) electrons. The summed E-state index contributed by atoms with van der Waals surface area (Å²) < 4.78 is 23.5. The lowest BCUT2D eigenvalue weighted by molar-refractivity contribution is -0.115. The van der Waals surface area contributed by atoms with Gasteiger partial charge in [0.1, 0.15) is 0 Å². The van der Waals surface area contributed by atoms with Crippen LogP contribution in [0.15, 0.2) is 63.5 Å². The number of hydrogen-bond acceptors (Lipinski definition) is 6. The van der Waals surface area contributed by atoms with Crippen molar-refractivity contribution in [2.45, 2.75) is 11.8 Å². The van der Waals surface area contributed by atoms with Gasteiger partial charge < -0.3 is 9.46 Å². The number of benzene rings is 2. The number of anilines is 1. The summed E-state index contributed by atoms with van der Waals surface area (Å²) in [4.78, 5) is 23.6. The summed E-state index contributed by atoms with van der Waals surface area (Å²) in [6.45, 7) is 4.86. The fraction of sp³-hybridized carbons (Fsp3) is 0.0909. The van der Waals surface area contributed by atoms with Crippen LogP contribution in [0.3, 0.4) is 0 Å². The summed E-state index contributed by atoms with van der Waals surface area (Å²) in [6, 6.07) is 11.8. The van der Waals surface area contributed by atoms with Crippen molar-refractivity contribution in [1.29, 1.82) is 0 Å². The van der Waals surface area contributed by atoms with Crippen LogP contribution in [0.2, 0.25) is 5.02 Å². The lowest BCUT2D eigenvalue weighted by Crippen LogP contribution is -1.97. The molecule has 1 heterocycles. The van der Waals surface area contributed by atoms with Gasteiger partial charge in [-0.1, -0.05) is 29.8 Å². The summed E-state index contributed by atoms with van der Waals surface area (Å²) in [7, 11) is 1.50.